The van der Waals surface area contributed by atoms with Crippen molar-refractivity contribution in [1.29, 1.82) is 0 Å². The normalized spacial score (nSPS) is 19.8. The monoisotopic (exact) mass is 371 g/mol. The van der Waals surface area contributed by atoms with Gasteiger partial charge in [0.15, 0.2) is 5.76 Å². The molecule has 0 aliphatic carbocycles. The zero-order valence-corrected chi connectivity index (χ0v) is 15.7. The minimum absolute atomic E-state index is 0.0223. The molecule has 2 amide bonds. The highest BCUT2D eigenvalue weighted by molar-refractivity contribution is 8.00. The van der Waals surface area contributed by atoms with Crippen molar-refractivity contribution in [1.82, 2.24) is 10.1 Å². The third-order valence-corrected chi connectivity index (χ3v) is 5.93. The number of rotatable bonds is 3. The first-order valence-corrected chi connectivity index (χ1v) is 9.78. The molecule has 1 fully saturated rings. The lowest BCUT2D eigenvalue weighted by Crippen LogP contribution is -2.44. The van der Waals surface area contributed by atoms with E-state index < -0.39 is 0 Å². The van der Waals surface area contributed by atoms with Crippen LogP contribution in [-0.2, 0) is 9.59 Å². The van der Waals surface area contributed by atoms with Crippen molar-refractivity contribution in [2.24, 2.45) is 0 Å². The summed E-state index contributed by atoms with van der Waals surface area (Å²) in [7, 11) is 0. The summed E-state index contributed by atoms with van der Waals surface area (Å²) in [5.41, 5.74) is 2.79. The van der Waals surface area contributed by atoms with Crippen LogP contribution >= 0.6 is 11.8 Å². The van der Waals surface area contributed by atoms with E-state index in [9.17, 15) is 9.59 Å². The van der Waals surface area contributed by atoms with Crippen LogP contribution in [0.1, 0.15) is 35.9 Å². The van der Waals surface area contributed by atoms with Gasteiger partial charge in [-0.3, -0.25) is 9.59 Å². The molecule has 2 aliphatic heterocycles. The molecule has 1 saturated heterocycles. The molecule has 2 aromatic rings. The molecule has 0 saturated carbocycles. The van der Waals surface area contributed by atoms with Gasteiger partial charge in [-0.2, -0.15) is 0 Å². The summed E-state index contributed by atoms with van der Waals surface area (Å²) >= 11 is 1.53. The fraction of sp³-hybridized carbons (Fsp3) is 0.421. The summed E-state index contributed by atoms with van der Waals surface area (Å²) in [5.74, 6) is 1.03. The number of aryl methyl sites for hydroxylation is 2. The Bertz CT molecular complexity index is 863. The lowest BCUT2D eigenvalue weighted by atomic mass is 10.1. The number of anilines is 1. The molecule has 1 aromatic heterocycles. The van der Waals surface area contributed by atoms with E-state index in [4.69, 9.17) is 4.52 Å². The summed E-state index contributed by atoms with van der Waals surface area (Å²) < 4.78 is 5.38. The second kappa shape index (κ2) is 6.79. The van der Waals surface area contributed by atoms with Gasteiger partial charge in [0.25, 0.3) is 0 Å². The summed E-state index contributed by atoms with van der Waals surface area (Å²) in [6, 6.07) is 7.78. The van der Waals surface area contributed by atoms with E-state index in [0.29, 0.717) is 12.3 Å². The quantitative estimate of drug-likeness (QED) is 0.829. The van der Waals surface area contributed by atoms with Crippen LogP contribution in [0, 0.1) is 13.8 Å². The standard InChI is InChI=1S/C19H21N3O3S/c1-12-5-6-15-17(8-12)26-11-19(24)22(15)10-18(23)21-7-3-4-14(21)16-9-13(2)20-25-16/h5-6,8-9,14H,3-4,7,10-11H2,1-2H3/t14-/m1/s1. The molecule has 6 nitrogen and oxygen atoms in total. The maximum Gasteiger partial charge on any atom is 0.243 e. The van der Waals surface area contributed by atoms with Gasteiger partial charge in [-0.1, -0.05) is 11.2 Å². The number of amides is 2. The van der Waals surface area contributed by atoms with Crippen LogP contribution < -0.4 is 4.90 Å². The van der Waals surface area contributed by atoms with Crippen molar-refractivity contribution >= 4 is 29.3 Å². The maximum absolute atomic E-state index is 13.0. The minimum Gasteiger partial charge on any atom is -0.359 e. The number of likely N-dealkylation sites (tertiary alicyclic amines) is 1. The van der Waals surface area contributed by atoms with Crippen molar-refractivity contribution in [3.63, 3.8) is 0 Å². The molecule has 2 aliphatic rings. The first-order valence-electron chi connectivity index (χ1n) is 8.79. The lowest BCUT2D eigenvalue weighted by molar-refractivity contribution is -0.132. The molecule has 26 heavy (non-hydrogen) atoms. The van der Waals surface area contributed by atoms with Gasteiger partial charge in [0.2, 0.25) is 11.8 Å². The average Bonchev–Trinajstić information content (AvgIpc) is 3.26. The SMILES string of the molecule is Cc1ccc2c(c1)SCC(=O)N2CC(=O)N1CCC[C@@H]1c1cc(C)no1. The Morgan fingerprint density at radius 1 is 1.35 bits per heavy atom. The van der Waals surface area contributed by atoms with Gasteiger partial charge >= 0.3 is 0 Å². The molecule has 1 aromatic carbocycles. The third-order valence-electron chi connectivity index (χ3n) is 4.90. The summed E-state index contributed by atoms with van der Waals surface area (Å²) in [5, 5.41) is 3.94. The second-order valence-corrected chi connectivity index (χ2v) is 7.87. The molecular formula is C19H21N3O3S. The van der Waals surface area contributed by atoms with Gasteiger partial charge in [-0.15, -0.1) is 11.8 Å². The first kappa shape index (κ1) is 17.1. The van der Waals surface area contributed by atoms with Crippen molar-refractivity contribution in [2.45, 2.75) is 37.6 Å². The molecule has 0 radical (unpaired) electrons. The predicted molar refractivity (Wildman–Crippen MR) is 99.2 cm³/mol. The number of benzene rings is 1. The van der Waals surface area contributed by atoms with Crippen LogP contribution in [-0.4, -0.2) is 40.7 Å². The number of fused-ring (bicyclic) bond motifs is 1. The van der Waals surface area contributed by atoms with Crippen molar-refractivity contribution in [3.8, 4) is 0 Å². The van der Waals surface area contributed by atoms with Gasteiger partial charge < -0.3 is 14.3 Å². The Balaban J connectivity index is 1.55. The van der Waals surface area contributed by atoms with Gasteiger partial charge in [0.05, 0.1) is 23.2 Å². The van der Waals surface area contributed by atoms with Gasteiger partial charge in [0.1, 0.15) is 6.54 Å². The number of aromatic nitrogens is 1. The lowest BCUT2D eigenvalue weighted by Gasteiger charge is -2.31. The number of hydrogen-bond donors (Lipinski definition) is 0. The largest absolute Gasteiger partial charge is 0.359 e. The Hall–Kier alpha value is -2.28. The zero-order chi connectivity index (χ0) is 18.3. The zero-order valence-electron chi connectivity index (χ0n) is 14.9. The van der Waals surface area contributed by atoms with Crippen LogP contribution in [0.4, 0.5) is 5.69 Å². The first-order chi connectivity index (χ1) is 12.5. The topological polar surface area (TPSA) is 66.7 Å². The molecule has 4 rings (SSSR count). The molecule has 136 valence electrons. The van der Waals surface area contributed by atoms with Crippen LogP contribution in [0.3, 0.4) is 0 Å². The molecule has 0 spiro atoms. The Morgan fingerprint density at radius 3 is 2.96 bits per heavy atom. The second-order valence-electron chi connectivity index (χ2n) is 6.86. The van der Waals surface area contributed by atoms with E-state index in [1.165, 1.54) is 11.8 Å². The van der Waals surface area contributed by atoms with Gasteiger partial charge in [-0.25, -0.2) is 0 Å². The van der Waals surface area contributed by atoms with Crippen LogP contribution in [0.15, 0.2) is 33.7 Å². The van der Waals surface area contributed by atoms with Crippen molar-refractivity contribution < 1.29 is 14.1 Å². The number of carbonyl (C=O) groups is 2. The third kappa shape index (κ3) is 3.11. The van der Waals surface area contributed by atoms with Crippen molar-refractivity contribution in [3.05, 3.63) is 41.3 Å². The molecule has 0 bridgehead atoms. The van der Waals surface area contributed by atoms with Gasteiger partial charge in [-0.05, 0) is 44.4 Å². The van der Waals surface area contributed by atoms with Gasteiger partial charge in [0, 0.05) is 17.5 Å². The highest BCUT2D eigenvalue weighted by Gasteiger charge is 2.35. The van der Waals surface area contributed by atoms with E-state index in [-0.39, 0.29) is 24.4 Å². The average molecular weight is 371 g/mol. The number of carbonyl (C=O) groups excluding carboxylic acids is 2. The molecule has 3 heterocycles. The van der Waals surface area contributed by atoms with Crippen molar-refractivity contribution in [2.75, 3.05) is 23.7 Å². The highest BCUT2D eigenvalue weighted by atomic mass is 32.2. The molecule has 7 heteroatoms. The van der Waals surface area contributed by atoms with E-state index in [1.54, 1.807) is 4.90 Å². The predicted octanol–water partition coefficient (Wildman–Crippen LogP) is 3.09. The fourth-order valence-corrected chi connectivity index (χ4v) is 4.64. The Labute approximate surface area is 156 Å². The van der Waals surface area contributed by atoms with Crippen LogP contribution in [0.25, 0.3) is 0 Å². The summed E-state index contributed by atoms with van der Waals surface area (Å²) in [6.07, 6.45) is 1.79. The van der Waals surface area contributed by atoms with E-state index in [1.807, 2.05) is 36.9 Å². The molecule has 0 N–H and O–H groups in total. The van der Waals surface area contributed by atoms with Crippen LogP contribution in [0.2, 0.25) is 0 Å². The number of nitrogens with zero attached hydrogens (tertiary/aromatic N) is 3. The van der Waals surface area contributed by atoms with E-state index in [2.05, 4.69) is 11.2 Å². The highest BCUT2D eigenvalue weighted by Crippen LogP contribution is 2.37. The van der Waals surface area contributed by atoms with E-state index in [0.717, 1.165) is 40.4 Å². The van der Waals surface area contributed by atoms with E-state index >= 15 is 0 Å². The fourth-order valence-electron chi connectivity index (χ4n) is 3.61. The summed E-state index contributed by atoms with van der Waals surface area (Å²) in [4.78, 5) is 29.9. The molecule has 1 atom stereocenters. The Morgan fingerprint density at radius 2 is 2.19 bits per heavy atom. The number of thioether (sulfide) groups is 1. The molecular weight excluding hydrogens is 350 g/mol. The Kier molecular flexibility index (Phi) is 4.48. The smallest absolute Gasteiger partial charge is 0.243 e. The minimum atomic E-state index is -0.0875. The maximum atomic E-state index is 13.0. The molecule has 0 unspecified atom stereocenters. The van der Waals surface area contributed by atoms with Crippen LogP contribution in [0.5, 0.6) is 0 Å². The number of hydrogen-bond acceptors (Lipinski definition) is 5. The summed E-state index contributed by atoms with van der Waals surface area (Å²) in [6.45, 7) is 4.65.